The SMILES string of the molecule is COc1cc(/C=C/c2cc(OC)c3c(c2OCc2ccccc2)OCO3)ccc1OCc1ccccc1. The van der Waals surface area contributed by atoms with Gasteiger partial charge in [0.2, 0.25) is 18.3 Å². The van der Waals surface area contributed by atoms with Crippen molar-refractivity contribution in [2.75, 3.05) is 21.0 Å². The fourth-order valence-electron chi connectivity index (χ4n) is 4.02. The topological polar surface area (TPSA) is 55.4 Å². The van der Waals surface area contributed by atoms with E-state index in [-0.39, 0.29) is 6.79 Å². The van der Waals surface area contributed by atoms with Crippen LogP contribution in [-0.2, 0) is 13.2 Å². The Morgan fingerprint density at radius 3 is 1.97 bits per heavy atom. The molecule has 37 heavy (non-hydrogen) atoms. The monoisotopic (exact) mass is 496 g/mol. The maximum Gasteiger partial charge on any atom is 0.231 e. The quantitative estimate of drug-likeness (QED) is 0.226. The predicted molar refractivity (Wildman–Crippen MR) is 143 cm³/mol. The lowest BCUT2D eigenvalue weighted by Gasteiger charge is -2.14. The second-order valence-corrected chi connectivity index (χ2v) is 8.35. The summed E-state index contributed by atoms with van der Waals surface area (Å²) in [4.78, 5) is 0. The van der Waals surface area contributed by atoms with Gasteiger partial charge in [0.05, 0.1) is 14.2 Å². The number of hydrogen-bond donors (Lipinski definition) is 0. The molecule has 5 rings (SSSR count). The van der Waals surface area contributed by atoms with Crippen LogP contribution in [0.2, 0.25) is 0 Å². The van der Waals surface area contributed by atoms with Crippen molar-refractivity contribution in [3.8, 4) is 34.5 Å². The van der Waals surface area contributed by atoms with Crippen LogP contribution in [0, 0.1) is 0 Å². The molecule has 0 saturated carbocycles. The van der Waals surface area contributed by atoms with Crippen molar-refractivity contribution in [3.05, 3.63) is 107 Å². The molecular formula is C31H28O6. The van der Waals surface area contributed by atoms with Crippen LogP contribution >= 0.6 is 0 Å². The zero-order valence-corrected chi connectivity index (χ0v) is 20.8. The second kappa shape index (κ2) is 11.4. The van der Waals surface area contributed by atoms with Crippen LogP contribution in [0.1, 0.15) is 22.3 Å². The van der Waals surface area contributed by atoms with Gasteiger partial charge in [0, 0.05) is 5.56 Å². The van der Waals surface area contributed by atoms with Crippen molar-refractivity contribution < 1.29 is 28.4 Å². The van der Waals surface area contributed by atoms with Gasteiger partial charge in [0.1, 0.15) is 13.2 Å². The highest BCUT2D eigenvalue weighted by molar-refractivity contribution is 5.78. The van der Waals surface area contributed by atoms with Gasteiger partial charge in [-0.05, 0) is 34.9 Å². The molecule has 1 heterocycles. The Morgan fingerprint density at radius 1 is 0.649 bits per heavy atom. The summed E-state index contributed by atoms with van der Waals surface area (Å²) in [7, 11) is 3.24. The second-order valence-electron chi connectivity index (χ2n) is 8.35. The summed E-state index contributed by atoms with van der Waals surface area (Å²) in [5, 5.41) is 0. The van der Waals surface area contributed by atoms with Crippen LogP contribution < -0.4 is 28.4 Å². The highest BCUT2D eigenvalue weighted by atomic mass is 16.7. The first-order valence-electron chi connectivity index (χ1n) is 12.0. The van der Waals surface area contributed by atoms with E-state index in [0.29, 0.717) is 47.7 Å². The number of rotatable bonds is 10. The zero-order valence-electron chi connectivity index (χ0n) is 20.8. The molecule has 0 bridgehead atoms. The van der Waals surface area contributed by atoms with Gasteiger partial charge in [-0.1, -0.05) is 78.9 Å². The molecule has 1 aliphatic heterocycles. The molecule has 0 saturated heterocycles. The fraction of sp³-hybridized carbons (Fsp3) is 0.161. The average Bonchev–Trinajstić information content (AvgIpc) is 3.45. The van der Waals surface area contributed by atoms with Gasteiger partial charge < -0.3 is 28.4 Å². The highest BCUT2D eigenvalue weighted by Gasteiger charge is 2.26. The highest BCUT2D eigenvalue weighted by Crippen LogP contribution is 2.50. The lowest BCUT2D eigenvalue weighted by molar-refractivity contribution is 0.167. The summed E-state index contributed by atoms with van der Waals surface area (Å²) in [6.45, 7) is 0.971. The van der Waals surface area contributed by atoms with Crippen LogP contribution in [0.3, 0.4) is 0 Å². The summed E-state index contributed by atoms with van der Waals surface area (Å²) in [6.07, 6.45) is 3.94. The molecule has 0 amide bonds. The van der Waals surface area contributed by atoms with E-state index in [4.69, 9.17) is 28.4 Å². The van der Waals surface area contributed by atoms with Gasteiger partial charge in [0.15, 0.2) is 23.0 Å². The Morgan fingerprint density at radius 2 is 1.30 bits per heavy atom. The minimum Gasteiger partial charge on any atom is -0.493 e. The van der Waals surface area contributed by atoms with Gasteiger partial charge in [0.25, 0.3) is 0 Å². The molecule has 4 aromatic carbocycles. The fourth-order valence-corrected chi connectivity index (χ4v) is 4.02. The molecule has 0 aromatic heterocycles. The Labute approximate surface area is 216 Å². The lowest BCUT2D eigenvalue weighted by atomic mass is 10.1. The summed E-state index contributed by atoms with van der Waals surface area (Å²) in [6, 6.07) is 27.7. The third-order valence-corrected chi connectivity index (χ3v) is 5.92. The van der Waals surface area contributed by atoms with Crippen molar-refractivity contribution in [1.29, 1.82) is 0 Å². The molecule has 0 atom stereocenters. The largest absolute Gasteiger partial charge is 0.493 e. The minimum atomic E-state index is 0.113. The molecule has 0 aliphatic carbocycles. The van der Waals surface area contributed by atoms with Gasteiger partial charge in [-0.25, -0.2) is 0 Å². The first kappa shape index (κ1) is 24.1. The van der Waals surface area contributed by atoms with Crippen molar-refractivity contribution in [1.82, 2.24) is 0 Å². The van der Waals surface area contributed by atoms with Crippen LogP contribution in [0.5, 0.6) is 34.5 Å². The number of fused-ring (bicyclic) bond motifs is 1. The zero-order chi connectivity index (χ0) is 25.5. The van der Waals surface area contributed by atoms with Crippen molar-refractivity contribution in [3.63, 3.8) is 0 Å². The minimum absolute atomic E-state index is 0.113. The van der Waals surface area contributed by atoms with E-state index in [2.05, 4.69) is 0 Å². The van der Waals surface area contributed by atoms with Gasteiger partial charge in [-0.15, -0.1) is 0 Å². The first-order valence-corrected chi connectivity index (χ1v) is 12.0. The predicted octanol–water partition coefficient (Wildman–Crippen LogP) is 6.76. The van der Waals surface area contributed by atoms with Crippen LogP contribution in [0.25, 0.3) is 12.2 Å². The van der Waals surface area contributed by atoms with Crippen molar-refractivity contribution in [2.24, 2.45) is 0 Å². The number of ether oxygens (including phenoxy) is 6. The Balaban J connectivity index is 1.40. The van der Waals surface area contributed by atoms with E-state index < -0.39 is 0 Å². The van der Waals surface area contributed by atoms with Crippen LogP contribution in [0.15, 0.2) is 84.9 Å². The lowest BCUT2D eigenvalue weighted by Crippen LogP contribution is -1.99. The van der Waals surface area contributed by atoms with E-state index in [1.807, 2.05) is 97.1 Å². The summed E-state index contributed by atoms with van der Waals surface area (Å²) in [5.41, 5.74) is 3.89. The smallest absolute Gasteiger partial charge is 0.231 e. The van der Waals surface area contributed by atoms with Gasteiger partial charge in [-0.3, -0.25) is 0 Å². The third-order valence-electron chi connectivity index (χ3n) is 5.92. The van der Waals surface area contributed by atoms with E-state index >= 15 is 0 Å². The molecule has 0 N–H and O–H groups in total. The molecule has 0 fully saturated rings. The molecule has 1 aliphatic rings. The Kier molecular flexibility index (Phi) is 7.46. The van der Waals surface area contributed by atoms with Crippen molar-refractivity contribution >= 4 is 12.2 Å². The number of benzene rings is 4. The summed E-state index contributed by atoms with van der Waals surface area (Å²) < 4.78 is 34.8. The molecule has 6 nitrogen and oxygen atoms in total. The molecule has 4 aromatic rings. The molecule has 188 valence electrons. The Bertz CT molecular complexity index is 1370. The third kappa shape index (κ3) is 5.64. The molecule has 6 heteroatoms. The maximum atomic E-state index is 6.24. The molecular weight excluding hydrogens is 468 g/mol. The number of hydrogen-bond acceptors (Lipinski definition) is 6. The van der Waals surface area contributed by atoms with Crippen LogP contribution in [-0.4, -0.2) is 21.0 Å². The number of methoxy groups -OCH3 is 2. The normalized spacial score (nSPS) is 11.9. The summed E-state index contributed by atoms with van der Waals surface area (Å²) >= 11 is 0. The Hall–Kier alpha value is -4.58. The molecule has 0 spiro atoms. The van der Waals surface area contributed by atoms with E-state index in [1.165, 1.54) is 0 Å². The van der Waals surface area contributed by atoms with Gasteiger partial charge in [-0.2, -0.15) is 0 Å². The summed E-state index contributed by atoms with van der Waals surface area (Å²) in [5.74, 6) is 3.60. The van der Waals surface area contributed by atoms with E-state index in [0.717, 1.165) is 22.3 Å². The first-order chi connectivity index (χ1) is 18.2. The standard InChI is InChI=1S/C31H28O6/c1-32-27-17-22(14-16-26(27)34-19-23-9-5-3-6-10-23)13-15-25-18-28(33-2)30-31(37-21-36-30)29(25)35-20-24-11-7-4-8-12-24/h3-18H,19-21H2,1-2H3/b15-13+. The van der Waals surface area contributed by atoms with Crippen molar-refractivity contribution in [2.45, 2.75) is 13.2 Å². The van der Waals surface area contributed by atoms with Crippen LogP contribution in [0.4, 0.5) is 0 Å². The average molecular weight is 497 g/mol. The van der Waals surface area contributed by atoms with E-state index in [1.54, 1.807) is 14.2 Å². The van der Waals surface area contributed by atoms with Gasteiger partial charge >= 0.3 is 0 Å². The van der Waals surface area contributed by atoms with E-state index in [9.17, 15) is 0 Å². The maximum absolute atomic E-state index is 6.24. The molecule has 0 unspecified atom stereocenters. The molecule has 0 radical (unpaired) electrons.